The van der Waals surface area contributed by atoms with Gasteiger partial charge in [0.15, 0.2) is 0 Å². The second kappa shape index (κ2) is 11.4. The van der Waals surface area contributed by atoms with Crippen LogP contribution in [0, 0.1) is 0 Å². The van der Waals surface area contributed by atoms with Crippen LogP contribution in [-0.4, -0.2) is 99.7 Å². The van der Waals surface area contributed by atoms with Crippen LogP contribution in [0.5, 0.6) is 0 Å². The summed E-state index contributed by atoms with van der Waals surface area (Å²) in [6.45, 7) is 12.9. The van der Waals surface area contributed by atoms with Crippen LogP contribution in [0.2, 0.25) is 0 Å². The van der Waals surface area contributed by atoms with Crippen molar-refractivity contribution in [2.24, 2.45) is 7.05 Å². The van der Waals surface area contributed by atoms with Gasteiger partial charge in [0.05, 0.1) is 11.0 Å². The molecular formula is C29H42N6O5. The van der Waals surface area contributed by atoms with E-state index in [0.29, 0.717) is 25.4 Å². The van der Waals surface area contributed by atoms with Crippen molar-refractivity contribution in [3.8, 4) is 0 Å². The van der Waals surface area contributed by atoms with Crippen molar-refractivity contribution in [3.63, 3.8) is 0 Å². The lowest BCUT2D eigenvalue weighted by molar-refractivity contribution is -0.135. The van der Waals surface area contributed by atoms with E-state index in [1.807, 2.05) is 26.8 Å². The number of carbonyl (C=O) groups excluding carboxylic acids is 3. The van der Waals surface area contributed by atoms with Gasteiger partial charge in [-0.15, -0.1) is 0 Å². The SMILES string of the molecule is Cn1c(=O)n(C2CCC(=O)NC2=O)c2ccc(C3CCN(CCN4CCN(C(=O)OC(C)(C)C)CC4)CC3)cc21. The zero-order chi connectivity index (χ0) is 28.6. The number of piperidine rings is 2. The molecule has 4 heterocycles. The number of imidazole rings is 1. The largest absolute Gasteiger partial charge is 0.444 e. The fraction of sp³-hybridized carbons (Fsp3) is 0.655. The average molecular weight is 555 g/mol. The molecule has 3 saturated heterocycles. The van der Waals surface area contributed by atoms with E-state index < -0.39 is 17.6 Å². The maximum atomic E-state index is 13.1. The second-order valence-electron chi connectivity index (χ2n) is 12.4. The van der Waals surface area contributed by atoms with Crippen LogP contribution in [-0.2, 0) is 21.4 Å². The van der Waals surface area contributed by atoms with E-state index in [1.54, 1.807) is 16.5 Å². The molecule has 1 atom stereocenters. The third kappa shape index (κ3) is 6.10. The highest BCUT2D eigenvalue weighted by Crippen LogP contribution is 2.31. The number of aryl methyl sites for hydroxylation is 1. The first-order chi connectivity index (χ1) is 19.0. The van der Waals surface area contributed by atoms with Gasteiger partial charge in [-0.05, 0) is 76.7 Å². The number of fused-ring (bicyclic) bond motifs is 1. The molecule has 1 aromatic carbocycles. The standard InChI is InChI=1S/C29H42N6O5/c1-29(2,3)40-28(39)34-17-15-33(16-18-34)14-13-32-11-9-20(10-12-32)21-5-6-22-24(19-21)31(4)27(38)35(22)23-7-8-25(36)30-26(23)37/h5-6,19-20,23H,7-18H2,1-4H3,(H,30,36,37). The molecule has 11 nitrogen and oxygen atoms in total. The minimum atomic E-state index is -0.664. The van der Waals surface area contributed by atoms with Gasteiger partial charge in [0.1, 0.15) is 11.6 Å². The Balaban J connectivity index is 1.13. The molecule has 0 bridgehead atoms. The molecule has 1 N–H and O–H groups in total. The number of aromatic nitrogens is 2. The van der Waals surface area contributed by atoms with Gasteiger partial charge in [-0.2, -0.15) is 0 Å². The van der Waals surface area contributed by atoms with Crippen molar-refractivity contribution < 1.29 is 19.1 Å². The summed E-state index contributed by atoms with van der Waals surface area (Å²) in [5.74, 6) is -0.275. The molecular weight excluding hydrogens is 512 g/mol. The molecule has 1 aromatic heterocycles. The summed E-state index contributed by atoms with van der Waals surface area (Å²) >= 11 is 0. The third-order valence-electron chi connectivity index (χ3n) is 8.45. The third-order valence-corrected chi connectivity index (χ3v) is 8.45. The normalized spacial score (nSPS) is 22.1. The topological polar surface area (TPSA) is 109 Å². The Hall–Kier alpha value is -3.18. The van der Waals surface area contributed by atoms with Crippen molar-refractivity contribution >= 4 is 28.9 Å². The van der Waals surface area contributed by atoms with Gasteiger partial charge in [0.25, 0.3) is 0 Å². The van der Waals surface area contributed by atoms with Crippen LogP contribution in [0.25, 0.3) is 11.0 Å². The van der Waals surface area contributed by atoms with Crippen LogP contribution in [0.15, 0.2) is 23.0 Å². The lowest BCUT2D eigenvalue weighted by Crippen LogP contribution is -2.51. The first-order valence-electron chi connectivity index (χ1n) is 14.5. The van der Waals surface area contributed by atoms with Crippen molar-refractivity contribution in [1.29, 1.82) is 0 Å². The van der Waals surface area contributed by atoms with Crippen molar-refractivity contribution in [2.75, 3.05) is 52.4 Å². The Kier molecular flexibility index (Phi) is 8.05. The number of hydrogen-bond donors (Lipinski definition) is 1. The van der Waals surface area contributed by atoms with Crippen LogP contribution in [0.3, 0.4) is 0 Å². The van der Waals surface area contributed by atoms with Crippen molar-refractivity contribution in [1.82, 2.24) is 29.2 Å². The van der Waals surface area contributed by atoms with Gasteiger partial charge in [-0.25, -0.2) is 9.59 Å². The predicted molar refractivity (Wildman–Crippen MR) is 151 cm³/mol. The lowest BCUT2D eigenvalue weighted by Gasteiger charge is -2.37. The summed E-state index contributed by atoms with van der Waals surface area (Å²) in [6, 6.07) is 5.49. The molecule has 1 unspecified atom stereocenters. The molecule has 40 heavy (non-hydrogen) atoms. The summed E-state index contributed by atoms with van der Waals surface area (Å²) in [4.78, 5) is 56.2. The molecule has 5 rings (SSSR count). The molecule has 0 saturated carbocycles. The quantitative estimate of drug-likeness (QED) is 0.564. The Morgan fingerprint density at radius 1 is 0.925 bits per heavy atom. The van der Waals surface area contributed by atoms with Crippen LogP contribution in [0.4, 0.5) is 4.79 Å². The number of amides is 3. The summed E-state index contributed by atoms with van der Waals surface area (Å²) in [6.07, 6.45) is 2.46. The highest BCUT2D eigenvalue weighted by molar-refractivity contribution is 6.00. The number of rotatable bonds is 5. The van der Waals surface area contributed by atoms with E-state index in [4.69, 9.17) is 4.74 Å². The van der Waals surface area contributed by atoms with Crippen molar-refractivity contribution in [2.45, 2.75) is 64.0 Å². The maximum absolute atomic E-state index is 13.1. The molecule has 3 fully saturated rings. The summed E-state index contributed by atoms with van der Waals surface area (Å²) in [7, 11) is 1.74. The molecule has 0 radical (unpaired) electrons. The zero-order valence-electron chi connectivity index (χ0n) is 24.1. The molecule has 2 aromatic rings. The van der Waals surface area contributed by atoms with Crippen LogP contribution >= 0.6 is 0 Å². The number of piperazine rings is 1. The number of nitrogens with zero attached hydrogens (tertiary/aromatic N) is 5. The number of carbonyl (C=O) groups is 3. The number of ether oxygens (including phenoxy) is 1. The molecule has 0 spiro atoms. The van der Waals surface area contributed by atoms with Gasteiger partial charge >= 0.3 is 11.8 Å². The Morgan fingerprint density at radius 2 is 1.57 bits per heavy atom. The fourth-order valence-electron chi connectivity index (χ4n) is 6.12. The Labute approximate surface area is 235 Å². The first-order valence-corrected chi connectivity index (χ1v) is 14.5. The number of nitrogens with one attached hydrogen (secondary N) is 1. The van der Waals surface area contributed by atoms with Crippen LogP contribution in [0.1, 0.15) is 64.0 Å². The molecule has 3 amide bonds. The monoisotopic (exact) mass is 554 g/mol. The minimum Gasteiger partial charge on any atom is -0.444 e. The van der Waals surface area contributed by atoms with E-state index in [0.717, 1.165) is 63.1 Å². The number of benzene rings is 1. The molecule has 11 heteroatoms. The second-order valence-corrected chi connectivity index (χ2v) is 12.4. The first kappa shape index (κ1) is 28.4. The van der Waals surface area contributed by atoms with E-state index in [2.05, 4.69) is 27.2 Å². The zero-order valence-corrected chi connectivity index (χ0v) is 24.1. The van der Waals surface area contributed by atoms with Gasteiger partial charge in [0.2, 0.25) is 11.8 Å². The van der Waals surface area contributed by atoms with E-state index >= 15 is 0 Å². The minimum absolute atomic E-state index is 0.222. The Bertz CT molecular complexity index is 1320. The summed E-state index contributed by atoms with van der Waals surface area (Å²) in [5, 5.41) is 2.37. The van der Waals surface area contributed by atoms with Gasteiger partial charge in [0, 0.05) is 52.7 Å². The number of imide groups is 1. The smallest absolute Gasteiger partial charge is 0.410 e. The number of likely N-dealkylation sites (tertiary alicyclic amines) is 1. The predicted octanol–water partition coefficient (Wildman–Crippen LogP) is 2.05. The fourth-order valence-corrected chi connectivity index (χ4v) is 6.12. The summed E-state index contributed by atoms with van der Waals surface area (Å²) in [5.41, 5.74) is 2.07. The van der Waals surface area contributed by atoms with Crippen LogP contribution < -0.4 is 11.0 Å². The average Bonchev–Trinajstić information content (AvgIpc) is 3.16. The highest BCUT2D eigenvalue weighted by atomic mass is 16.6. The van der Waals surface area contributed by atoms with Gasteiger partial charge in [-0.3, -0.25) is 28.9 Å². The highest BCUT2D eigenvalue weighted by Gasteiger charge is 2.32. The van der Waals surface area contributed by atoms with E-state index in [9.17, 15) is 19.2 Å². The van der Waals surface area contributed by atoms with Gasteiger partial charge < -0.3 is 14.5 Å². The number of hydrogen-bond acceptors (Lipinski definition) is 7. The molecule has 0 aliphatic carbocycles. The van der Waals surface area contributed by atoms with E-state index in [-0.39, 0.29) is 24.1 Å². The maximum Gasteiger partial charge on any atom is 0.410 e. The molecule has 3 aliphatic heterocycles. The van der Waals surface area contributed by atoms with Gasteiger partial charge in [-0.1, -0.05) is 6.07 Å². The van der Waals surface area contributed by atoms with E-state index in [1.165, 1.54) is 10.1 Å². The summed E-state index contributed by atoms with van der Waals surface area (Å²) < 4.78 is 8.65. The Morgan fingerprint density at radius 3 is 2.20 bits per heavy atom. The molecule has 218 valence electrons. The van der Waals surface area contributed by atoms with Crippen molar-refractivity contribution in [3.05, 3.63) is 34.2 Å². The molecule has 3 aliphatic rings. The lowest BCUT2D eigenvalue weighted by atomic mass is 9.89.